The first-order chi connectivity index (χ1) is 13.9. The largest absolute Gasteiger partial charge is 0.467 e. The predicted molar refractivity (Wildman–Crippen MR) is 104 cm³/mol. The third-order valence-electron chi connectivity index (χ3n) is 5.56. The van der Waals surface area contributed by atoms with Crippen molar-refractivity contribution >= 4 is 11.4 Å². The average Bonchev–Trinajstić information content (AvgIpc) is 2.72. The van der Waals surface area contributed by atoms with Crippen molar-refractivity contribution in [3.8, 4) is 6.01 Å². The minimum Gasteiger partial charge on any atom is -0.467 e. The van der Waals surface area contributed by atoms with E-state index in [1.165, 1.54) is 13.2 Å². The highest BCUT2D eigenvalue weighted by atomic mass is 19.4. The highest BCUT2D eigenvalue weighted by Gasteiger charge is 2.37. The van der Waals surface area contributed by atoms with Crippen LogP contribution in [0.25, 0.3) is 0 Å². The maximum Gasteiger partial charge on any atom is 0.416 e. The number of rotatable bonds is 3. The van der Waals surface area contributed by atoms with E-state index in [4.69, 9.17) is 4.74 Å². The summed E-state index contributed by atoms with van der Waals surface area (Å²) in [5.41, 5.74) is 2.29. The number of alkyl halides is 3. The fourth-order valence-electron chi connectivity index (χ4n) is 4.17. The van der Waals surface area contributed by atoms with Gasteiger partial charge in [-0.3, -0.25) is 0 Å². The molecule has 29 heavy (non-hydrogen) atoms. The molecule has 1 N–H and O–H groups in total. The summed E-state index contributed by atoms with van der Waals surface area (Å²) < 4.78 is 45.9. The minimum absolute atomic E-state index is 0.265. The topological polar surface area (TPSA) is 53.5 Å². The van der Waals surface area contributed by atoms with E-state index in [0.29, 0.717) is 25.1 Å². The number of hydrogen-bond donors (Lipinski definition) is 1. The molecule has 3 heterocycles. The number of halogens is 3. The maximum atomic E-state index is 13.6. The van der Waals surface area contributed by atoms with Crippen molar-refractivity contribution in [2.75, 3.05) is 43.1 Å². The molecule has 0 amide bonds. The first kappa shape index (κ1) is 19.8. The first-order valence-electron chi connectivity index (χ1n) is 9.68. The second-order valence-electron chi connectivity index (χ2n) is 7.49. The molecule has 1 aromatic heterocycles. The zero-order valence-electron chi connectivity index (χ0n) is 16.5. The fourth-order valence-corrected chi connectivity index (χ4v) is 4.17. The van der Waals surface area contributed by atoms with Gasteiger partial charge in [-0.1, -0.05) is 0 Å². The molecule has 4 rings (SSSR count). The summed E-state index contributed by atoms with van der Waals surface area (Å²) in [4.78, 5) is 12.5. The van der Waals surface area contributed by atoms with Crippen LogP contribution in [-0.2, 0) is 19.1 Å². The van der Waals surface area contributed by atoms with Gasteiger partial charge in [0.2, 0.25) is 0 Å². The summed E-state index contributed by atoms with van der Waals surface area (Å²) >= 11 is 0. The Hall–Kier alpha value is -2.55. The van der Waals surface area contributed by atoms with Crippen molar-refractivity contribution in [2.45, 2.75) is 32.1 Å². The summed E-state index contributed by atoms with van der Waals surface area (Å²) in [6.45, 7) is 5.31. The summed E-state index contributed by atoms with van der Waals surface area (Å²) in [5, 5.41) is 3.38. The Morgan fingerprint density at radius 2 is 1.86 bits per heavy atom. The van der Waals surface area contributed by atoms with Gasteiger partial charge in [0.25, 0.3) is 0 Å². The van der Waals surface area contributed by atoms with Gasteiger partial charge < -0.3 is 19.9 Å². The normalized spacial score (nSPS) is 19.8. The minimum atomic E-state index is -4.36. The molecule has 0 spiro atoms. The standard InChI is InChI=1S/C20H24F3N5O/c1-13-11-28(8-6-24-13)18-4-3-17(20(21,22)23)15-5-7-27(12-16(15)18)14-9-25-19(29-2)26-10-14/h3-4,9-10,13,24H,5-8,11-12H2,1-2H3. The number of aromatic nitrogens is 2. The van der Waals surface area contributed by atoms with Crippen LogP contribution in [0.1, 0.15) is 23.6 Å². The lowest BCUT2D eigenvalue weighted by Crippen LogP contribution is -2.50. The Morgan fingerprint density at radius 1 is 1.10 bits per heavy atom. The maximum absolute atomic E-state index is 13.6. The molecule has 1 fully saturated rings. The lowest BCUT2D eigenvalue weighted by atomic mass is 9.91. The second kappa shape index (κ2) is 7.70. The second-order valence-corrected chi connectivity index (χ2v) is 7.49. The van der Waals surface area contributed by atoms with Gasteiger partial charge in [-0.15, -0.1) is 0 Å². The molecule has 0 bridgehead atoms. The van der Waals surface area contributed by atoms with E-state index in [1.54, 1.807) is 18.5 Å². The van der Waals surface area contributed by atoms with E-state index in [-0.39, 0.29) is 12.1 Å². The van der Waals surface area contributed by atoms with Crippen molar-refractivity contribution in [2.24, 2.45) is 0 Å². The van der Waals surface area contributed by atoms with Crippen LogP contribution in [0, 0.1) is 0 Å². The molecule has 6 nitrogen and oxygen atoms in total. The van der Waals surface area contributed by atoms with Gasteiger partial charge in [-0.05, 0) is 36.6 Å². The molecule has 1 unspecified atom stereocenters. The molecule has 156 valence electrons. The highest BCUT2D eigenvalue weighted by Crippen LogP contribution is 2.40. The molecule has 0 aliphatic carbocycles. The van der Waals surface area contributed by atoms with Gasteiger partial charge in [0.1, 0.15) is 0 Å². The number of anilines is 2. The van der Waals surface area contributed by atoms with E-state index in [1.807, 2.05) is 4.90 Å². The van der Waals surface area contributed by atoms with E-state index in [2.05, 4.69) is 27.1 Å². The Bertz CT molecular complexity index is 872. The molecule has 2 aromatic rings. The molecular formula is C20H24F3N5O. The number of hydrogen-bond acceptors (Lipinski definition) is 6. The third-order valence-corrected chi connectivity index (χ3v) is 5.56. The predicted octanol–water partition coefficient (Wildman–Crippen LogP) is 2.86. The van der Waals surface area contributed by atoms with Crippen LogP contribution in [0.4, 0.5) is 24.5 Å². The van der Waals surface area contributed by atoms with Gasteiger partial charge in [-0.25, -0.2) is 9.97 Å². The summed E-state index contributed by atoms with van der Waals surface area (Å²) in [6, 6.07) is 3.43. The van der Waals surface area contributed by atoms with Crippen LogP contribution in [0.5, 0.6) is 6.01 Å². The molecule has 0 saturated carbocycles. The van der Waals surface area contributed by atoms with E-state index in [9.17, 15) is 13.2 Å². The van der Waals surface area contributed by atoms with Crippen LogP contribution in [0.3, 0.4) is 0 Å². The Labute approximate surface area is 167 Å². The number of piperazine rings is 1. The number of nitrogens with zero attached hydrogens (tertiary/aromatic N) is 4. The summed E-state index contributed by atoms with van der Waals surface area (Å²) in [6.07, 6.45) is -0.732. The van der Waals surface area contributed by atoms with Crippen LogP contribution < -0.4 is 19.9 Å². The Balaban J connectivity index is 1.72. The SMILES string of the molecule is COc1ncc(N2CCc3c(C(F)(F)F)ccc(N4CCNC(C)C4)c3C2)cn1. The molecule has 1 aromatic carbocycles. The van der Waals surface area contributed by atoms with Crippen molar-refractivity contribution in [3.05, 3.63) is 41.2 Å². The molecule has 1 saturated heterocycles. The zero-order valence-corrected chi connectivity index (χ0v) is 16.5. The third kappa shape index (κ3) is 3.96. The van der Waals surface area contributed by atoms with Crippen molar-refractivity contribution in [1.29, 1.82) is 0 Å². The van der Waals surface area contributed by atoms with Gasteiger partial charge >= 0.3 is 12.2 Å². The van der Waals surface area contributed by atoms with Gasteiger partial charge in [0, 0.05) is 44.5 Å². The lowest BCUT2D eigenvalue weighted by molar-refractivity contribution is -0.138. The van der Waals surface area contributed by atoms with Crippen LogP contribution >= 0.6 is 0 Å². The van der Waals surface area contributed by atoms with E-state index >= 15 is 0 Å². The molecule has 2 aliphatic rings. The average molecular weight is 407 g/mol. The molecule has 9 heteroatoms. The molecular weight excluding hydrogens is 383 g/mol. The summed E-state index contributed by atoms with van der Waals surface area (Å²) in [7, 11) is 1.49. The summed E-state index contributed by atoms with van der Waals surface area (Å²) in [5.74, 6) is 0. The Morgan fingerprint density at radius 3 is 2.52 bits per heavy atom. The number of methoxy groups -OCH3 is 1. The highest BCUT2D eigenvalue weighted by molar-refractivity contribution is 5.63. The monoisotopic (exact) mass is 407 g/mol. The van der Waals surface area contributed by atoms with Gasteiger partial charge in [-0.2, -0.15) is 13.2 Å². The number of ether oxygens (including phenoxy) is 1. The van der Waals surface area contributed by atoms with E-state index < -0.39 is 11.7 Å². The molecule has 0 radical (unpaired) electrons. The molecule has 2 aliphatic heterocycles. The number of benzene rings is 1. The molecule has 1 atom stereocenters. The van der Waals surface area contributed by atoms with Gasteiger partial charge in [0.05, 0.1) is 30.8 Å². The quantitative estimate of drug-likeness (QED) is 0.845. The van der Waals surface area contributed by atoms with Crippen molar-refractivity contribution in [3.63, 3.8) is 0 Å². The Kier molecular flexibility index (Phi) is 5.24. The van der Waals surface area contributed by atoms with Gasteiger partial charge in [0.15, 0.2) is 0 Å². The first-order valence-corrected chi connectivity index (χ1v) is 9.68. The van der Waals surface area contributed by atoms with Crippen LogP contribution in [0.15, 0.2) is 24.5 Å². The smallest absolute Gasteiger partial charge is 0.416 e. The van der Waals surface area contributed by atoms with Crippen molar-refractivity contribution in [1.82, 2.24) is 15.3 Å². The fraction of sp³-hybridized carbons (Fsp3) is 0.500. The lowest BCUT2D eigenvalue weighted by Gasteiger charge is -2.39. The van der Waals surface area contributed by atoms with Crippen LogP contribution in [-0.4, -0.2) is 49.3 Å². The number of nitrogens with one attached hydrogen (secondary N) is 1. The van der Waals surface area contributed by atoms with E-state index in [0.717, 1.165) is 36.6 Å². The zero-order chi connectivity index (χ0) is 20.6. The van der Waals surface area contributed by atoms with Crippen molar-refractivity contribution < 1.29 is 17.9 Å². The van der Waals surface area contributed by atoms with Crippen LogP contribution in [0.2, 0.25) is 0 Å². The number of fused-ring (bicyclic) bond motifs is 1.